The summed E-state index contributed by atoms with van der Waals surface area (Å²) in [5, 5.41) is 11.8. The van der Waals surface area contributed by atoms with E-state index in [1.54, 1.807) is 18.3 Å². The number of ketones is 1. The van der Waals surface area contributed by atoms with Crippen LogP contribution in [-0.4, -0.2) is 35.4 Å². The molecule has 1 aromatic heterocycles. The summed E-state index contributed by atoms with van der Waals surface area (Å²) < 4.78 is 5.34. The Morgan fingerprint density at radius 3 is 2.79 bits per heavy atom. The lowest BCUT2D eigenvalue weighted by atomic mass is 10.1. The van der Waals surface area contributed by atoms with Gasteiger partial charge in [0.15, 0.2) is 17.5 Å². The average molecular weight is 347 g/mol. The topological polar surface area (TPSA) is 85.6 Å². The number of nitro benzene ring substituents is 1. The Bertz CT molecular complexity index is 740. The van der Waals surface area contributed by atoms with Gasteiger partial charge in [0, 0.05) is 19.2 Å². The first-order valence-corrected chi connectivity index (χ1v) is 8.57. The largest absolute Gasteiger partial charge is 0.478 e. The standard InChI is InChI=1S/C16H17N3O4S/c20-13(11-23-14-7-3-2-6-12(14)19(21)22)15-10-17-16(24-15)18-8-4-1-5-9-18/h2-3,6-7,10H,1,4-5,8-9,11H2. The molecular weight excluding hydrogens is 330 g/mol. The fourth-order valence-corrected chi connectivity index (χ4v) is 3.46. The summed E-state index contributed by atoms with van der Waals surface area (Å²) in [6.45, 7) is 1.69. The van der Waals surface area contributed by atoms with Crippen LogP contribution in [0.1, 0.15) is 28.9 Å². The Morgan fingerprint density at radius 1 is 1.29 bits per heavy atom. The molecule has 0 radical (unpaired) electrons. The fraction of sp³-hybridized carbons (Fsp3) is 0.375. The maximum absolute atomic E-state index is 12.3. The van der Waals surface area contributed by atoms with Crippen molar-refractivity contribution in [3.05, 3.63) is 45.5 Å². The zero-order valence-electron chi connectivity index (χ0n) is 13.0. The molecule has 1 saturated heterocycles. The fourth-order valence-electron chi connectivity index (χ4n) is 2.57. The molecule has 2 heterocycles. The molecule has 1 aromatic carbocycles. The van der Waals surface area contributed by atoms with Gasteiger partial charge in [-0.25, -0.2) is 4.98 Å². The molecule has 0 aliphatic carbocycles. The molecule has 0 atom stereocenters. The molecule has 0 N–H and O–H groups in total. The lowest BCUT2D eigenvalue weighted by Crippen LogP contribution is -2.29. The van der Waals surface area contributed by atoms with Gasteiger partial charge in [0.05, 0.1) is 16.0 Å². The van der Waals surface area contributed by atoms with Crippen LogP contribution < -0.4 is 9.64 Å². The highest BCUT2D eigenvalue weighted by Crippen LogP contribution is 2.28. The molecular formula is C16H17N3O4S. The molecule has 126 valence electrons. The van der Waals surface area contributed by atoms with Gasteiger partial charge in [-0.3, -0.25) is 14.9 Å². The Balaban J connectivity index is 1.63. The van der Waals surface area contributed by atoms with Gasteiger partial charge >= 0.3 is 5.69 Å². The van der Waals surface area contributed by atoms with Crippen molar-refractivity contribution in [3.8, 4) is 5.75 Å². The number of para-hydroxylation sites is 2. The molecule has 1 aliphatic rings. The number of piperidine rings is 1. The van der Waals surface area contributed by atoms with Crippen molar-refractivity contribution in [2.45, 2.75) is 19.3 Å². The predicted octanol–water partition coefficient (Wildman–Crippen LogP) is 3.30. The van der Waals surface area contributed by atoms with E-state index in [1.165, 1.54) is 29.9 Å². The third-order valence-electron chi connectivity index (χ3n) is 3.82. The summed E-state index contributed by atoms with van der Waals surface area (Å²) in [5.74, 6) is -0.134. The molecule has 24 heavy (non-hydrogen) atoms. The maximum Gasteiger partial charge on any atom is 0.310 e. The molecule has 2 aromatic rings. The van der Waals surface area contributed by atoms with Crippen molar-refractivity contribution < 1.29 is 14.5 Å². The van der Waals surface area contributed by atoms with E-state index in [0.717, 1.165) is 31.1 Å². The first-order valence-electron chi connectivity index (χ1n) is 7.75. The van der Waals surface area contributed by atoms with E-state index in [9.17, 15) is 14.9 Å². The van der Waals surface area contributed by atoms with Gasteiger partial charge in [0.2, 0.25) is 5.78 Å². The normalized spacial score (nSPS) is 14.4. The van der Waals surface area contributed by atoms with E-state index in [2.05, 4.69) is 9.88 Å². The summed E-state index contributed by atoms with van der Waals surface area (Å²) in [6.07, 6.45) is 5.07. The smallest absolute Gasteiger partial charge is 0.310 e. The lowest BCUT2D eigenvalue weighted by molar-refractivity contribution is -0.385. The van der Waals surface area contributed by atoms with Crippen molar-refractivity contribution in [3.63, 3.8) is 0 Å². The molecule has 1 fully saturated rings. The summed E-state index contributed by atoms with van der Waals surface area (Å²) in [7, 11) is 0. The minimum absolute atomic E-state index is 0.0941. The van der Waals surface area contributed by atoms with E-state index in [4.69, 9.17) is 4.74 Å². The first-order chi connectivity index (χ1) is 11.6. The van der Waals surface area contributed by atoms with E-state index in [0.29, 0.717) is 4.88 Å². The van der Waals surface area contributed by atoms with Crippen molar-refractivity contribution in [2.75, 3.05) is 24.6 Å². The molecule has 0 amide bonds. The second-order valence-electron chi connectivity index (χ2n) is 5.49. The number of nitrogens with zero attached hydrogens (tertiary/aromatic N) is 3. The number of hydrogen-bond donors (Lipinski definition) is 0. The van der Waals surface area contributed by atoms with Gasteiger partial charge in [-0.1, -0.05) is 23.5 Å². The van der Waals surface area contributed by atoms with Crippen molar-refractivity contribution >= 4 is 27.9 Å². The summed E-state index contributed by atoms with van der Waals surface area (Å²) >= 11 is 1.34. The van der Waals surface area contributed by atoms with Crippen LogP contribution in [0.2, 0.25) is 0 Å². The molecule has 3 rings (SSSR count). The summed E-state index contributed by atoms with van der Waals surface area (Å²) in [5.41, 5.74) is -0.149. The number of ether oxygens (including phenoxy) is 1. The van der Waals surface area contributed by atoms with E-state index in [-0.39, 0.29) is 23.8 Å². The third kappa shape index (κ3) is 3.70. The molecule has 0 saturated carbocycles. The van der Waals surface area contributed by atoms with Crippen LogP contribution in [0.5, 0.6) is 5.75 Å². The van der Waals surface area contributed by atoms with Crippen LogP contribution >= 0.6 is 11.3 Å². The van der Waals surface area contributed by atoms with Gasteiger partial charge in [0.1, 0.15) is 0 Å². The quantitative estimate of drug-likeness (QED) is 0.453. The van der Waals surface area contributed by atoms with Crippen molar-refractivity contribution in [2.24, 2.45) is 0 Å². The second-order valence-corrected chi connectivity index (χ2v) is 6.50. The monoisotopic (exact) mass is 347 g/mol. The van der Waals surface area contributed by atoms with Crippen LogP contribution in [0.4, 0.5) is 10.8 Å². The highest BCUT2D eigenvalue weighted by molar-refractivity contribution is 7.17. The van der Waals surface area contributed by atoms with Gasteiger partial charge < -0.3 is 9.64 Å². The highest BCUT2D eigenvalue weighted by Gasteiger charge is 2.19. The Kier molecular flexibility index (Phi) is 5.05. The number of nitro groups is 1. The summed E-state index contributed by atoms with van der Waals surface area (Å²) in [6, 6.07) is 6.02. The highest BCUT2D eigenvalue weighted by atomic mass is 32.1. The van der Waals surface area contributed by atoms with Crippen molar-refractivity contribution in [1.82, 2.24) is 4.98 Å². The average Bonchev–Trinajstić information content (AvgIpc) is 3.11. The van der Waals surface area contributed by atoms with Crippen molar-refractivity contribution in [1.29, 1.82) is 0 Å². The Morgan fingerprint density at radius 2 is 2.04 bits per heavy atom. The minimum atomic E-state index is -0.527. The molecule has 1 aliphatic heterocycles. The van der Waals surface area contributed by atoms with Gasteiger partial charge in [-0.2, -0.15) is 0 Å². The Labute approximate surface area is 143 Å². The number of Topliss-reactive ketones (excluding diaryl/α,β-unsaturated/α-hetero) is 1. The zero-order valence-corrected chi connectivity index (χ0v) is 13.8. The van der Waals surface area contributed by atoms with Crippen LogP contribution in [0, 0.1) is 10.1 Å². The first kappa shape index (κ1) is 16.4. The van der Waals surface area contributed by atoms with Gasteiger partial charge in [-0.15, -0.1) is 0 Å². The van der Waals surface area contributed by atoms with E-state index < -0.39 is 4.92 Å². The molecule has 0 bridgehead atoms. The summed E-state index contributed by atoms with van der Waals surface area (Å²) in [4.78, 5) is 29.7. The number of benzene rings is 1. The zero-order chi connectivity index (χ0) is 16.9. The number of carbonyl (C=O) groups excluding carboxylic acids is 1. The van der Waals surface area contributed by atoms with Crippen LogP contribution in [-0.2, 0) is 0 Å². The Hall–Kier alpha value is -2.48. The molecule has 7 nitrogen and oxygen atoms in total. The van der Waals surface area contributed by atoms with Crippen LogP contribution in [0.3, 0.4) is 0 Å². The molecule has 0 spiro atoms. The number of rotatable bonds is 6. The van der Waals surface area contributed by atoms with Crippen LogP contribution in [0.25, 0.3) is 0 Å². The number of thiazole rings is 1. The number of hydrogen-bond acceptors (Lipinski definition) is 7. The maximum atomic E-state index is 12.3. The minimum Gasteiger partial charge on any atom is -0.478 e. The molecule has 0 unspecified atom stereocenters. The van der Waals surface area contributed by atoms with E-state index >= 15 is 0 Å². The second kappa shape index (κ2) is 7.39. The molecule has 8 heteroatoms. The van der Waals surface area contributed by atoms with Gasteiger partial charge in [0.25, 0.3) is 0 Å². The SMILES string of the molecule is O=C(COc1ccccc1[N+](=O)[O-])c1cnc(N2CCCCC2)s1. The lowest BCUT2D eigenvalue weighted by Gasteiger charge is -2.25. The van der Waals surface area contributed by atoms with Gasteiger partial charge in [-0.05, 0) is 25.3 Å². The van der Waals surface area contributed by atoms with E-state index in [1.807, 2.05) is 0 Å². The third-order valence-corrected chi connectivity index (χ3v) is 4.91. The number of carbonyl (C=O) groups is 1. The van der Waals surface area contributed by atoms with Crippen LogP contribution in [0.15, 0.2) is 30.5 Å². The number of anilines is 1. The number of aromatic nitrogens is 1. The predicted molar refractivity (Wildman–Crippen MR) is 91.1 cm³/mol.